The molecule has 0 fully saturated rings. The van der Waals surface area contributed by atoms with Crippen LogP contribution in [0.1, 0.15) is 25.1 Å². The number of aryl methyl sites for hydroxylation is 2. The fraction of sp³-hybridized carbons (Fsp3) is 0.273. The van der Waals surface area contributed by atoms with Crippen LogP contribution in [0.15, 0.2) is 48.5 Å². The summed E-state index contributed by atoms with van der Waals surface area (Å²) < 4.78 is 2.00. The normalized spacial score (nSPS) is 11.0. The van der Waals surface area contributed by atoms with Gasteiger partial charge in [0.25, 0.3) is 0 Å². The molecule has 1 heterocycles. The molecule has 3 aromatic rings. The Kier molecular flexibility index (Phi) is 5.31. The number of nitrogens with one attached hydrogen (secondary N) is 2. The molecular formula is C22H25N3O2. The standard InChI is InChI=1S/C22H25N3O2/c1-14(2)22(27)23-18-10-9-15(3)19(12-18)24-21(26)13-25-16(4)11-17-7-5-6-8-20(17)25/h5-12,14H,13H2,1-4H3,(H,23,27)(H,24,26). The zero-order valence-electron chi connectivity index (χ0n) is 16.2. The van der Waals surface area contributed by atoms with E-state index in [1.54, 1.807) is 6.07 Å². The summed E-state index contributed by atoms with van der Waals surface area (Å²) in [6.07, 6.45) is 0. The second kappa shape index (κ2) is 7.66. The van der Waals surface area contributed by atoms with E-state index >= 15 is 0 Å². The largest absolute Gasteiger partial charge is 0.335 e. The predicted octanol–water partition coefficient (Wildman–Crippen LogP) is 4.49. The van der Waals surface area contributed by atoms with Gasteiger partial charge in [-0.25, -0.2) is 0 Å². The molecule has 0 saturated carbocycles. The molecule has 3 rings (SSSR count). The van der Waals surface area contributed by atoms with Gasteiger partial charge in [0.15, 0.2) is 0 Å². The molecule has 2 aromatic carbocycles. The maximum atomic E-state index is 12.7. The Morgan fingerprint density at radius 1 is 1.00 bits per heavy atom. The van der Waals surface area contributed by atoms with Crippen molar-refractivity contribution in [3.05, 3.63) is 59.8 Å². The molecule has 0 unspecified atom stereocenters. The molecule has 0 atom stereocenters. The highest BCUT2D eigenvalue weighted by Gasteiger charge is 2.12. The molecule has 0 aliphatic heterocycles. The molecule has 1 aromatic heterocycles. The topological polar surface area (TPSA) is 63.1 Å². The van der Waals surface area contributed by atoms with E-state index in [-0.39, 0.29) is 24.3 Å². The minimum absolute atomic E-state index is 0.0504. The number of rotatable bonds is 5. The molecular weight excluding hydrogens is 338 g/mol. The van der Waals surface area contributed by atoms with Crippen LogP contribution in [0.5, 0.6) is 0 Å². The van der Waals surface area contributed by atoms with Crippen molar-refractivity contribution in [2.24, 2.45) is 5.92 Å². The SMILES string of the molecule is Cc1ccc(NC(=O)C(C)C)cc1NC(=O)Cn1c(C)cc2ccccc21. The van der Waals surface area contributed by atoms with E-state index in [1.807, 2.05) is 68.7 Å². The van der Waals surface area contributed by atoms with Crippen molar-refractivity contribution in [3.63, 3.8) is 0 Å². The van der Waals surface area contributed by atoms with E-state index in [0.717, 1.165) is 22.2 Å². The van der Waals surface area contributed by atoms with E-state index < -0.39 is 0 Å². The van der Waals surface area contributed by atoms with Gasteiger partial charge in [-0.2, -0.15) is 0 Å². The summed E-state index contributed by atoms with van der Waals surface area (Å²) in [7, 11) is 0. The fourth-order valence-corrected chi connectivity index (χ4v) is 3.01. The van der Waals surface area contributed by atoms with Crippen molar-refractivity contribution in [3.8, 4) is 0 Å². The summed E-state index contributed by atoms with van der Waals surface area (Å²) in [4.78, 5) is 24.6. The number of aromatic nitrogens is 1. The number of fused-ring (bicyclic) bond motifs is 1. The van der Waals surface area contributed by atoms with Crippen molar-refractivity contribution >= 4 is 34.1 Å². The van der Waals surface area contributed by atoms with Gasteiger partial charge in [0.1, 0.15) is 6.54 Å². The van der Waals surface area contributed by atoms with Crippen LogP contribution in [0.3, 0.4) is 0 Å². The molecule has 0 aliphatic rings. The van der Waals surface area contributed by atoms with Gasteiger partial charge >= 0.3 is 0 Å². The van der Waals surface area contributed by atoms with Gasteiger partial charge in [0, 0.05) is 28.5 Å². The van der Waals surface area contributed by atoms with Gasteiger partial charge < -0.3 is 15.2 Å². The first kappa shape index (κ1) is 18.7. The van der Waals surface area contributed by atoms with Crippen LogP contribution in [0, 0.1) is 19.8 Å². The van der Waals surface area contributed by atoms with Gasteiger partial charge in [-0.05, 0) is 49.1 Å². The van der Waals surface area contributed by atoms with E-state index in [4.69, 9.17) is 0 Å². The van der Waals surface area contributed by atoms with Crippen LogP contribution >= 0.6 is 0 Å². The van der Waals surface area contributed by atoms with Crippen molar-refractivity contribution < 1.29 is 9.59 Å². The van der Waals surface area contributed by atoms with Crippen LogP contribution < -0.4 is 10.6 Å². The number of anilines is 2. The Balaban J connectivity index is 1.77. The molecule has 5 nitrogen and oxygen atoms in total. The summed E-state index contributed by atoms with van der Waals surface area (Å²) in [6.45, 7) is 7.85. The second-order valence-corrected chi connectivity index (χ2v) is 7.15. The average Bonchev–Trinajstić information content (AvgIpc) is 2.93. The van der Waals surface area contributed by atoms with E-state index in [1.165, 1.54) is 0 Å². The van der Waals surface area contributed by atoms with Gasteiger partial charge in [-0.3, -0.25) is 9.59 Å². The van der Waals surface area contributed by atoms with Crippen molar-refractivity contribution in [2.75, 3.05) is 10.6 Å². The molecule has 0 saturated heterocycles. The van der Waals surface area contributed by atoms with Crippen molar-refractivity contribution in [1.29, 1.82) is 0 Å². The number of nitrogens with zero attached hydrogens (tertiary/aromatic N) is 1. The highest BCUT2D eigenvalue weighted by Crippen LogP contribution is 2.22. The first-order valence-corrected chi connectivity index (χ1v) is 9.11. The van der Waals surface area contributed by atoms with Crippen LogP contribution in [0.4, 0.5) is 11.4 Å². The lowest BCUT2D eigenvalue weighted by Gasteiger charge is -2.14. The third kappa shape index (κ3) is 4.19. The lowest BCUT2D eigenvalue weighted by atomic mass is 10.1. The molecule has 0 radical (unpaired) electrons. The molecule has 27 heavy (non-hydrogen) atoms. The summed E-state index contributed by atoms with van der Waals surface area (Å²) in [5.74, 6) is -0.255. The van der Waals surface area contributed by atoms with Crippen molar-refractivity contribution in [1.82, 2.24) is 4.57 Å². The Morgan fingerprint density at radius 2 is 1.74 bits per heavy atom. The quantitative estimate of drug-likeness (QED) is 0.701. The number of hydrogen-bond acceptors (Lipinski definition) is 2. The van der Waals surface area contributed by atoms with Crippen LogP contribution in [-0.4, -0.2) is 16.4 Å². The number of para-hydroxylation sites is 1. The molecule has 0 bridgehead atoms. The molecule has 2 amide bonds. The Bertz CT molecular complexity index is 1000. The zero-order valence-corrected chi connectivity index (χ0v) is 16.2. The van der Waals surface area contributed by atoms with Gasteiger partial charge in [0.05, 0.1) is 0 Å². The third-order valence-corrected chi connectivity index (χ3v) is 4.62. The number of benzene rings is 2. The Morgan fingerprint density at radius 3 is 2.48 bits per heavy atom. The maximum absolute atomic E-state index is 12.7. The number of hydrogen-bond donors (Lipinski definition) is 2. The van der Waals surface area contributed by atoms with Crippen molar-refractivity contribution in [2.45, 2.75) is 34.2 Å². The smallest absolute Gasteiger partial charge is 0.244 e. The molecule has 0 spiro atoms. The first-order valence-electron chi connectivity index (χ1n) is 9.11. The van der Waals surface area contributed by atoms with Gasteiger partial charge in [0.2, 0.25) is 11.8 Å². The number of carbonyl (C=O) groups is 2. The van der Waals surface area contributed by atoms with Gasteiger partial charge in [-0.1, -0.05) is 38.1 Å². The molecule has 0 aliphatic carbocycles. The third-order valence-electron chi connectivity index (χ3n) is 4.62. The minimum Gasteiger partial charge on any atom is -0.335 e. The lowest BCUT2D eigenvalue weighted by molar-refractivity contribution is -0.119. The zero-order chi connectivity index (χ0) is 19.6. The number of carbonyl (C=O) groups excluding carboxylic acids is 2. The van der Waals surface area contributed by atoms with Crippen LogP contribution in [0.25, 0.3) is 10.9 Å². The Hall–Kier alpha value is -3.08. The van der Waals surface area contributed by atoms with E-state index in [9.17, 15) is 9.59 Å². The summed E-state index contributed by atoms with van der Waals surface area (Å²) >= 11 is 0. The summed E-state index contributed by atoms with van der Waals surface area (Å²) in [5.41, 5.74) is 4.41. The van der Waals surface area contributed by atoms with E-state index in [0.29, 0.717) is 11.4 Å². The fourth-order valence-electron chi connectivity index (χ4n) is 3.01. The molecule has 5 heteroatoms. The highest BCUT2D eigenvalue weighted by atomic mass is 16.2. The molecule has 2 N–H and O–H groups in total. The number of amides is 2. The maximum Gasteiger partial charge on any atom is 0.244 e. The van der Waals surface area contributed by atoms with E-state index in [2.05, 4.69) is 16.7 Å². The summed E-state index contributed by atoms with van der Waals surface area (Å²) in [6, 6.07) is 15.6. The highest BCUT2D eigenvalue weighted by molar-refractivity contribution is 5.96. The lowest BCUT2D eigenvalue weighted by Crippen LogP contribution is -2.20. The Labute approximate surface area is 159 Å². The van der Waals surface area contributed by atoms with Gasteiger partial charge in [-0.15, -0.1) is 0 Å². The summed E-state index contributed by atoms with van der Waals surface area (Å²) in [5, 5.41) is 6.96. The predicted molar refractivity (Wildman–Crippen MR) is 110 cm³/mol. The first-order chi connectivity index (χ1) is 12.8. The van der Waals surface area contributed by atoms with Crippen LogP contribution in [-0.2, 0) is 16.1 Å². The average molecular weight is 363 g/mol. The minimum atomic E-state index is -0.102. The molecule has 140 valence electrons. The van der Waals surface area contributed by atoms with Crippen LogP contribution in [0.2, 0.25) is 0 Å². The second-order valence-electron chi connectivity index (χ2n) is 7.15. The monoisotopic (exact) mass is 363 g/mol.